The molecule has 18 heavy (non-hydrogen) atoms. The summed E-state index contributed by atoms with van der Waals surface area (Å²) in [6.07, 6.45) is 1.46. The maximum Gasteiger partial charge on any atom is 0.326 e. The maximum atomic E-state index is 11.5. The number of amides is 2. The number of rotatable bonds is 9. The minimum Gasteiger partial charge on any atom is -0.480 e. The van der Waals surface area contributed by atoms with Gasteiger partial charge in [-0.2, -0.15) is 0 Å². The molecule has 0 aliphatic heterocycles. The Kier molecular flexibility index (Phi) is 7.69. The van der Waals surface area contributed by atoms with Crippen molar-refractivity contribution in [3.05, 3.63) is 0 Å². The number of hydrogen-bond donors (Lipinski definition) is 4. The predicted molar refractivity (Wildman–Crippen MR) is 65.5 cm³/mol. The lowest BCUT2D eigenvalue weighted by Crippen LogP contribution is -2.41. The van der Waals surface area contributed by atoms with Crippen molar-refractivity contribution in [1.82, 2.24) is 5.32 Å². The molecule has 7 nitrogen and oxygen atoms in total. The molecule has 6 N–H and O–H groups in total. The molecule has 0 aromatic heterocycles. The molecule has 0 spiro atoms. The first-order valence-corrected chi connectivity index (χ1v) is 5.89. The molecule has 0 saturated carbocycles. The van der Waals surface area contributed by atoms with E-state index in [9.17, 15) is 14.4 Å². The van der Waals surface area contributed by atoms with E-state index in [4.69, 9.17) is 16.6 Å². The lowest BCUT2D eigenvalue weighted by molar-refractivity contribution is -0.142. The molecule has 0 fully saturated rings. The fourth-order valence-corrected chi connectivity index (χ4v) is 1.40. The van der Waals surface area contributed by atoms with Gasteiger partial charge in [0.2, 0.25) is 11.8 Å². The van der Waals surface area contributed by atoms with Gasteiger partial charge < -0.3 is 21.9 Å². The third kappa shape index (κ3) is 8.51. The molecule has 0 saturated heterocycles. The van der Waals surface area contributed by atoms with Gasteiger partial charge >= 0.3 is 5.97 Å². The summed E-state index contributed by atoms with van der Waals surface area (Å²) < 4.78 is 0. The van der Waals surface area contributed by atoms with Gasteiger partial charge in [-0.15, -0.1) is 0 Å². The smallest absolute Gasteiger partial charge is 0.326 e. The molecule has 0 aromatic carbocycles. The van der Waals surface area contributed by atoms with Crippen LogP contribution in [0, 0.1) is 0 Å². The van der Waals surface area contributed by atoms with E-state index < -0.39 is 17.9 Å². The summed E-state index contributed by atoms with van der Waals surface area (Å²) in [7, 11) is 0. The van der Waals surface area contributed by atoms with E-state index in [0.717, 1.165) is 0 Å². The minimum atomic E-state index is -1.17. The standard InChI is InChI=1S/C11H21N3O4/c1-7(12)3-2-4-10(16)14-8(11(17)18)5-6-9(13)15/h7-8H,2-6,12H2,1H3,(H2,13,15)(H,14,16)(H,17,18)/t7?,8-/m1/s1. The van der Waals surface area contributed by atoms with Gasteiger partial charge in [0.15, 0.2) is 0 Å². The summed E-state index contributed by atoms with van der Waals surface area (Å²) in [6, 6.07) is -1.05. The average Bonchev–Trinajstić information content (AvgIpc) is 2.22. The van der Waals surface area contributed by atoms with Gasteiger partial charge in [-0.1, -0.05) is 0 Å². The molecule has 2 amide bonds. The lowest BCUT2D eigenvalue weighted by Gasteiger charge is -2.13. The Bertz CT molecular complexity index is 305. The van der Waals surface area contributed by atoms with Crippen LogP contribution in [0.4, 0.5) is 0 Å². The average molecular weight is 259 g/mol. The van der Waals surface area contributed by atoms with Gasteiger partial charge in [-0.25, -0.2) is 4.79 Å². The number of nitrogens with two attached hydrogens (primary N) is 2. The summed E-state index contributed by atoms with van der Waals surface area (Å²) in [5, 5.41) is 11.2. The first kappa shape index (κ1) is 16.4. The van der Waals surface area contributed by atoms with Gasteiger partial charge in [-0.3, -0.25) is 9.59 Å². The zero-order chi connectivity index (χ0) is 14.1. The molecule has 0 radical (unpaired) electrons. The molecule has 1 unspecified atom stereocenters. The van der Waals surface area contributed by atoms with Crippen LogP contribution in [0.3, 0.4) is 0 Å². The number of hydrogen-bond acceptors (Lipinski definition) is 4. The summed E-state index contributed by atoms with van der Waals surface area (Å²) in [6.45, 7) is 1.84. The zero-order valence-electron chi connectivity index (χ0n) is 10.5. The van der Waals surface area contributed by atoms with Crippen molar-refractivity contribution >= 4 is 17.8 Å². The normalized spacial score (nSPS) is 13.7. The second-order valence-corrected chi connectivity index (χ2v) is 4.33. The second kappa shape index (κ2) is 8.46. The van der Waals surface area contributed by atoms with E-state index in [1.807, 2.05) is 6.92 Å². The van der Waals surface area contributed by atoms with E-state index in [-0.39, 0.29) is 31.2 Å². The molecule has 2 atom stereocenters. The Hall–Kier alpha value is -1.63. The summed E-state index contributed by atoms with van der Waals surface area (Å²) >= 11 is 0. The highest BCUT2D eigenvalue weighted by atomic mass is 16.4. The second-order valence-electron chi connectivity index (χ2n) is 4.33. The van der Waals surface area contributed by atoms with Gasteiger partial charge in [0.25, 0.3) is 0 Å². The Morgan fingerprint density at radius 2 is 1.83 bits per heavy atom. The Morgan fingerprint density at radius 3 is 2.28 bits per heavy atom. The van der Waals surface area contributed by atoms with Crippen LogP contribution in [-0.4, -0.2) is 35.0 Å². The van der Waals surface area contributed by atoms with Gasteiger partial charge in [0.05, 0.1) is 0 Å². The molecule has 0 heterocycles. The Balaban J connectivity index is 4.04. The van der Waals surface area contributed by atoms with E-state index in [2.05, 4.69) is 5.32 Å². The summed E-state index contributed by atoms with van der Waals surface area (Å²) in [5.41, 5.74) is 10.5. The van der Waals surface area contributed by atoms with Crippen LogP contribution in [0.25, 0.3) is 0 Å². The number of carboxylic acids is 1. The fourth-order valence-electron chi connectivity index (χ4n) is 1.40. The monoisotopic (exact) mass is 259 g/mol. The quantitative estimate of drug-likeness (QED) is 0.436. The topological polar surface area (TPSA) is 136 Å². The van der Waals surface area contributed by atoms with Crippen LogP contribution in [0.5, 0.6) is 0 Å². The van der Waals surface area contributed by atoms with Crippen molar-refractivity contribution in [3.8, 4) is 0 Å². The maximum absolute atomic E-state index is 11.5. The Labute approximate surface area is 106 Å². The largest absolute Gasteiger partial charge is 0.480 e. The van der Waals surface area contributed by atoms with E-state index in [1.54, 1.807) is 0 Å². The van der Waals surface area contributed by atoms with Crippen LogP contribution in [-0.2, 0) is 14.4 Å². The third-order valence-electron chi connectivity index (χ3n) is 2.38. The summed E-state index contributed by atoms with van der Waals surface area (Å²) in [5.74, 6) is -2.11. The molecule has 7 heteroatoms. The first-order chi connectivity index (χ1) is 8.32. The van der Waals surface area contributed by atoms with Crippen LogP contribution in [0.15, 0.2) is 0 Å². The number of nitrogens with one attached hydrogen (secondary N) is 1. The van der Waals surface area contributed by atoms with E-state index >= 15 is 0 Å². The fraction of sp³-hybridized carbons (Fsp3) is 0.727. The van der Waals surface area contributed by atoms with Crippen molar-refractivity contribution < 1.29 is 19.5 Å². The molecule has 0 aliphatic rings. The van der Waals surface area contributed by atoms with Crippen molar-refractivity contribution in [2.75, 3.05) is 0 Å². The predicted octanol–water partition coefficient (Wildman–Crippen LogP) is -0.661. The highest BCUT2D eigenvalue weighted by molar-refractivity contribution is 5.84. The highest BCUT2D eigenvalue weighted by Gasteiger charge is 2.20. The number of primary amides is 1. The molecule has 0 bridgehead atoms. The molecule has 0 aromatic rings. The number of carbonyl (C=O) groups is 3. The minimum absolute atomic E-state index is 0.00367. The molecule has 104 valence electrons. The van der Waals surface area contributed by atoms with Crippen molar-refractivity contribution in [2.24, 2.45) is 11.5 Å². The zero-order valence-corrected chi connectivity index (χ0v) is 10.5. The number of carboxylic acid groups (broad SMARTS) is 1. The SMILES string of the molecule is CC(N)CCCC(=O)N[C@H](CCC(N)=O)C(=O)O. The first-order valence-electron chi connectivity index (χ1n) is 5.89. The summed E-state index contributed by atoms with van der Waals surface area (Å²) in [4.78, 5) is 32.9. The molecular formula is C11H21N3O4. The van der Waals surface area contributed by atoms with Gasteiger partial charge in [0, 0.05) is 18.9 Å². The Morgan fingerprint density at radius 1 is 1.22 bits per heavy atom. The van der Waals surface area contributed by atoms with E-state index in [0.29, 0.717) is 12.8 Å². The van der Waals surface area contributed by atoms with E-state index in [1.165, 1.54) is 0 Å². The van der Waals surface area contributed by atoms with Crippen molar-refractivity contribution in [2.45, 2.75) is 51.1 Å². The molecular weight excluding hydrogens is 238 g/mol. The van der Waals surface area contributed by atoms with Crippen LogP contribution >= 0.6 is 0 Å². The van der Waals surface area contributed by atoms with Crippen LogP contribution < -0.4 is 16.8 Å². The molecule has 0 rings (SSSR count). The molecule has 0 aliphatic carbocycles. The van der Waals surface area contributed by atoms with Crippen LogP contribution in [0.1, 0.15) is 39.0 Å². The van der Waals surface area contributed by atoms with Crippen LogP contribution in [0.2, 0.25) is 0 Å². The lowest BCUT2D eigenvalue weighted by atomic mass is 10.1. The number of carbonyl (C=O) groups excluding carboxylic acids is 2. The highest BCUT2D eigenvalue weighted by Crippen LogP contribution is 2.01. The van der Waals surface area contributed by atoms with Crippen molar-refractivity contribution in [1.29, 1.82) is 0 Å². The van der Waals surface area contributed by atoms with Crippen molar-refractivity contribution in [3.63, 3.8) is 0 Å². The van der Waals surface area contributed by atoms with Gasteiger partial charge in [-0.05, 0) is 26.2 Å². The number of aliphatic carboxylic acids is 1. The third-order valence-corrected chi connectivity index (χ3v) is 2.38. The van der Waals surface area contributed by atoms with Gasteiger partial charge in [0.1, 0.15) is 6.04 Å².